The van der Waals surface area contributed by atoms with Crippen molar-refractivity contribution < 1.29 is 0 Å². The summed E-state index contributed by atoms with van der Waals surface area (Å²) in [5.74, 6) is 0. The van der Waals surface area contributed by atoms with Gasteiger partial charge in [-0.05, 0) is 90.3 Å². The number of hydrogen-bond donors (Lipinski definition) is 0. The molecule has 0 saturated carbocycles. The summed E-state index contributed by atoms with van der Waals surface area (Å²) in [6, 6.07) is 80.3. The van der Waals surface area contributed by atoms with Gasteiger partial charge in [0.2, 0.25) is 0 Å². The van der Waals surface area contributed by atoms with Crippen LogP contribution in [0.2, 0.25) is 0 Å². The van der Waals surface area contributed by atoms with Crippen molar-refractivity contribution in [2.75, 3.05) is 0 Å². The molecule has 288 valence electrons. The Bertz CT molecular complexity index is 4060. The molecular weight excluding hydrogens is 753 g/mol. The fourth-order valence-corrected chi connectivity index (χ4v) is 10.7. The minimum atomic E-state index is 1.13. The lowest BCUT2D eigenvalue weighted by atomic mass is 10.1. The molecule has 10 aromatic carbocycles. The Hall–Kier alpha value is -8.34. The molecule has 4 heterocycles. The molecule has 0 aliphatic heterocycles. The van der Waals surface area contributed by atoms with Crippen molar-refractivity contribution >= 4 is 98.0 Å². The van der Waals surface area contributed by atoms with E-state index in [1.165, 1.54) is 98.0 Å². The minimum absolute atomic E-state index is 1.13. The first kappa shape index (κ1) is 33.5. The Morgan fingerprint density at radius 3 is 0.935 bits per heavy atom. The highest BCUT2D eigenvalue weighted by atomic mass is 15.0. The third-order valence-corrected chi connectivity index (χ3v) is 13.3. The molecule has 0 unspecified atom stereocenters. The van der Waals surface area contributed by atoms with Crippen molar-refractivity contribution in [2.45, 2.75) is 0 Å². The maximum absolute atomic E-state index is 2.49. The van der Waals surface area contributed by atoms with Gasteiger partial charge in [-0.25, -0.2) is 0 Å². The van der Waals surface area contributed by atoms with Gasteiger partial charge < -0.3 is 18.3 Å². The van der Waals surface area contributed by atoms with E-state index in [2.05, 4.69) is 237 Å². The number of benzene rings is 10. The molecule has 0 bridgehead atoms. The van der Waals surface area contributed by atoms with Crippen molar-refractivity contribution in [1.82, 2.24) is 18.3 Å². The van der Waals surface area contributed by atoms with E-state index < -0.39 is 0 Å². The monoisotopic (exact) mass is 788 g/mol. The Labute approximate surface area is 355 Å². The molecule has 0 aliphatic carbocycles. The third kappa shape index (κ3) is 4.55. The molecule has 62 heavy (non-hydrogen) atoms. The van der Waals surface area contributed by atoms with Crippen LogP contribution in [0.1, 0.15) is 0 Å². The predicted octanol–water partition coefficient (Wildman–Crippen LogP) is 15.2. The molecule has 14 aromatic rings. The lowest BCUT2D eigenvalue weighted by Crippen LogP contribution is -2.01. The molecule has 4 aromatic heterocycles. The van der Waals surface area contributed by atoms with E-state index in [-0.39, 0.29) is 0 Å². The highest BCUT2D eigenvalue weighted by Crippen LogP contribution is 2.41. The van der Waals surface area contributed by atoms with Gasteiger partial charge in [0, 0.05) is 65.5 Å². The summed E-state index contributed by atoms with van der Waals surface area (Å²) in [5.41, 5.74) is 14.2. The fraction of sp³-hybridized carbons (Fsp3) is 0. The number of rotatable bonds is 4. The van der Waals surface area contributed by atoms with Gasteiger partial charge in [-0.1, -0.05) is 133 Å². The minimum Gasteiger partial charge on any atom is -0.309 e. The summed E-state index contributed by atoms with van der Waals surface area (Å²) in [4.78, 5) is 0. The lowest BCUT2D eigenvalue weighted by molar-refractivity contribution is 1.14. The normalized spacial score (nSPS) is 12.2. The summed E-state index contributed by atoms with van der Waals surface area (Å²) in [5, 5.41) is 12.4. The summed E-state index contributed by atoms with van der Waals surface area (Å²) < 4.78 is 9.78. The van der Waals surface area contributed by atoms with Crippen LogP contribution in [0.5, 0.6) is 0 Å². The first-order valence-electron chi connectivity index (χ1n) is 21.4. The van der Waals surface area contributed by atoms with E-state index in [4.69, 9.17) is 0 Å². The van der Waals surface area contributed by atoms with E-state index in [9.17, 15) is 0 Å². The quantitative estimate of drug-likeness (QED) is 0.169. The molecule has 0 radical (unpaired) electrons. The highest BCUT2D eigenvalue weighted by molar-refractivity contribution is 6.15. The molecule has 0 fully saturated rings. The third-order valence-electron chi connectivity index (χ3n) is 13.3. The van der Waals surface area contributed by atoms with Gasteiger partial charge in [-0.2, -0.15) is 0 Å². The van der Waals surface area contributed by atoms with E-state index in [0.29, 0.717) is 0 Å². The molecule has 0 atom stereocenters. The largest absolute Gasteiger partial charge is 0.309 e. The molecule has 0 amide bonds. The molecule has 4 heteroatoms. The average Bonchev–Trinajstić information content (AvgIpc) is 4.06. The zero-order valence-corrected chi connectivity index (χ0v) is 33.6. The Morgan fingerprint density at radius 2 is 0.500 bits per heavy atom. The summed E-state index contributed by atoms with van der Waals surface area (Å²) >= 11 is 0. The Morgan fingerprint density at radius 1 is 0.194 bits per heavy atom. The van der Waals surface area contributed by atoms with Gasteiger partial charge in [0.05, 0.1) is 49.8 Å². The van der Waals surface area contributed by atoms with E-state index in [0.717, 1.165) is 22.7 Å². The van der Waals surface area contributed by atoms with Crippen LogP contribution in [0.4, 0.5) is 0 Å². The second-order valence-corrected chi connectivity index (χ2v) is 16.5. The number of para-hydroxylation sites is 6. The molecule has 0 saturated heterocycles. The van der Waals surface area contributed by atoms with E-state index >= 15 is 0 Å². The Balaban J connectivity index is 1.01. The second kappa shape index (κ2) is 12.6. The zero-order chi connectivity index (χ0) is 40.5. The van der Waals surface area contributed by atoms with Crippen LogP contribution in [0, 0.1) is 0 Å². The molecule has 14 rings (SSSR count). The van der Waals surface area contributed by atoms with Crippen LogP contribution < -0.4 is 0 Å². The topological polar surface area (TPSA) is 19.7 Å². The first-order chi connectivity index (χ1) is 30.8. The van der Waals surface area contributed by atoms with Crippen LogP contribution >= 0.6 is 0 Å². The Kier molecular flexibility index (Phi) is 6.80. The van der Waals surface area contributed by atoms with Crippen LogP contribution in [-0.2, 0) is 0 Å². The molecule has 0 aliphatic rings. The SMILES string of the molecule is c1ccc2c(-n3c4ccccc4c4cc(-n5c6ccccc6c6ccccc65)ccc43)cc(-n3c4ccccc4c4cc(-n5c6ccccc6c6ccccc65)ccc43)cc2c1. The summed E-state index contributed by atoms with van der Waals surface area (Å²) in [6.45, 7) is 0. The fourth-order valence-electron chi connectivity index (χ4n) is 10.7. The van der Waals surface area contributed by atoms with Crippen molar-refractivity contribution in [3.05, 3.63) is 218 Å². The maximum Gasteiger partial charge on any atom is 0.0561 e. The van der Waals surface area contributed by atoms with Crippen molar-refractivity contribution in [3.8, 4) is 22.7 Å². The number of nitrogens with zero attached hydrogens (tertiary/aromatic N) is 4. The van der Waals surface area contributed by atoms with Crippen molar-refractivity contribution in [3.63, 3.8) is 0 Å². The first-order valence-corrected chi connectivity index (χ1v) is 21.4. The van der Waals surface area contributed by atoms with Crippen LogP contribution in [-0.4, -0.2) is 18.3 Å². The van der Waals surface area contributed by atoms with Gasteiger partial charge >= 0.3 is 0 Å². The smallest absolute Gasteiger partial charge is 0.0561 e. The number of fused-ring (bicyclic) bond motifs is 13. The predicted molar refractivity (Wildman–Crippen MR) is 261 cm³/mol. The van der Waals surface area contributed by atoms with Gasteiger partial charge in [0.1, 0.15) is 0 Å². The standard InChI is InChI=1S/C58H36N4/c1-2-16-41-37(15-1)33-40(61-54-27-13-7-21-46(54)48-34-38(29-31-56(48)61)59-50-23-9-3-17-42(50)43-18-4-10-24-51(43)59)36-58(41)62-55-28-14-8-22-47(55)49-35-39(30-32-57(49)62)60-52-25-11-5-19-44(52)45-20-6-12-26-53(45)60/h1-36H. The van der Waals surface area contributed by atoms with Crippen molar-refractivity contribution in [2.24, 2.45) is 0 Å². The summed E-state index contributed by atoms with van der Waals surface area (Å²) in [7, 11) is 0. The average molecular weight is 789 g/mol. The molecule has 4 nitrogen and oxygen atoms in total. The molecule has 0 spiro atoms. The molecule has 0 N–H and O–H groups in total. The second-order valence-electron chi connectivity index (χ2n) is 16.5. The van der Waals surface area contributed by atoms with Crippen molar-refractivity contribution in [1.29, 1.82) is 0 Å². The zero-order valence-electron chi connectivity index (χ0n) is 33.6. The number of aromatic nitrogens is 4. The van der Waals surface area contributed by atoms with Gasteiger partial charge in [-0.3, -0.25) is 0 Å². The van der Waals surface area contributed by atoms with Gasteiger partial charge in [-0.15, -0.1) is 0 Å². The highest BCUT2D eigenvalue weighted by Gasteiger charge is 2.21. The van der Waals surface area contributed by atoms with E-state index in [1.54, 1.807) is 0 Å². The molecular formula is C58H36N4. The van der Waals surface area contributed by atoms with Crippen LogP contribution in [0.25, 0.3) is 121 Å². The van der Waals surface area contributed by atoms with Gasteiger partial charge in [0.25, 0.3) is 0 Å². The van der Waals surface area contributed by atoms with Crippen LogP contribution in [0.15, 0.2) is 218 Å². The summed E-state index contributed by atoms with van der Waals surface area (Å²) in [6.07, 6.45) is 0. The number of hydrogen-bond acceptors (Lipinski definition) is 0. The van der Waals surface area contributed by atoms with E-state index in [1.807, 2.05) is 0 Å². The maximum atomic E-state index is 2.49. The van der Waals surface area contributed by atoms with Crippen LogP contribution in [0.3, 0.4) is 0 Å². The lowest BCUT2D eigenvalue weighted by Gasteiger charge is -2.16. The van der Waals surface area contributed by atoms with Gasteiger partial charge in [0.15, 0.2) is 0 Å².